The Hall–Kier alpha value is -3.01. The van der Waals surface area contributed by atoms with Crippen molar-refractivity contribution in [1.82, 2.24) is 10.3 Å². The van der Waals surface area contributed by atoms with Gasteiger partial charge in [0.1, 0.15) is 30.3 Å². The monoisotopic (exact) mass is 444 g/mol. The molecule has 0 saturated carbocycles. The molecule has 0 radical (unpaired) electrons. The first-order valence-corrected chi connectivity index (χ1v) is 11.2. The number of benzene rings is 1. The number of aromatic nitrogens is 1. The number of carbonyl (C=O) groups is 2. The highest BCUT2D eigenvalue weighted by Crippen LogP contribution is 2.42. The van der Waals surface area contributed by atoms with Gasteiger partial charge in [-0.15, -0.1) is 0 Å². The van der Waals surface area contributed by atoms with Gasteiger partial charge in [0.25, 0.3) is 5.91 Å². The Kier molecular flexibility index (Phi) is 5.31. The molecule has 3 aliphatic rings. The maximum absolute atomic E-state index is 14.9. The standard InChI is InChI=1S/C21H21FN4O4S/c22-14-9-16-18(10-15(14)25-5-7-31-8-6-25)29-12-17-19(30-21(28)26(16)17)11-24-20(27)13-1-3-23-4-2-13/h1-4,9-10,17,19H,5-8,11-12H2,(H,24,27)/t17-,19-/m0/s1. The first-order chi connectivity index (χ1) is 15.1. The number of pyridine rings is 1. The van der Waals surface area contributed by atoms with Gasteiger partial charge >= 0.3 is 6.09 Å². The maximum Gasteiger partial charge on any atom is 0.415 e. The van der Waals surface area contributed by atoms with E-state index in [1.54, 1.807) is 18.2 Å². The van der Waals surface area contributed by atoms with E-state index in [1.165, 1.54) is 23.4 Å². The van der Waals surface area contributed by atoms with Crippen LogP contribution < -0.4 is 19.9 Å². The number of thioether (sulfide) groups is 1. The van der Waals surface area contributed by atoms with E-state index in [0.717, 1.165) is 24.6 Å². The van der Waals surface area contributed by atoms with Gasteiger partial charge in [-0.05, 0) is 12.1 Å². The van der Waals surface area contributed by atoms with E-state index in [9.17, 15) is 14.0 Å². The van der Waals surface area contributed by atoms with Gasteiger partial charge in [0, 0.05) is 54.7 Å². The number of nitrogens with one attached hydrogen (secondary N) is 1. The predicted octanol–water partition coefficient (Wildman–Crippen LogP) is 2.29. The van der Waals surface area contributed by atoms with Crippen molar-refractivity contribution >= 4 is 35.1 Å². The summed E-state index contributed by atoms with van der Waals surface area (Å²) in [5, 5.41) is 2.77. The Morgan fingerprint density at radius 2 is 2.00 bits per heavy atom. The third-order valence-corrected chi connectivity index (χ3v) is 6.61. The van der Waals surface area contributed by atoms with Crippen LogP contribution in [0.4, 0.5) is 20.6 Å². The van der Waals surface area contributed by atoms with Crippen molar-refractivity contribution in [3.8, 4) is 5.75 Å². The minimum absolute atomic E-state index is 0.124. The summed E-state index contributed by atoms with van der Waals surface area (Å²) in [7, 11) is 0. The Balaban J connectivity index is 1.32. The van der Waals surface area contributed by atoms with Crippen molar-refractivity contribution in [3.63, 3.8) is 0 Å². The molecule has 162 valence electrons. The van der Waals surface area contributed by atoms with Gasteiger partial charge in [-0.25, -0.2) is 9.18 Å². The number of anilines is 2. The second-order valence-corrected chi connectivity index (χ2v) is 8.71. The van der Waals surface area contributed by atoms with Crippen molar-refractivity contribution in [2.45, 2.75) is 12.1 Å². The fourth-order valence-electron chi connectivity index (χ4n) is 4.06. The molecule has 5 rings (SSSR count). The summed E-state index contributed by atoms with van der Waals surface area (Å²) in [5.41, 5.74) is 1.32. The quantitative estimate of drug-likeness (QED) is 0.775. The van der Waals surface area contributed by atoms with Crippen LogP contribution in [0.15, 0.2) is 36.7 Å². The molecular formula is C21H21FN4O4S. The molecule has 2 saturated heterocycles. The Morgan fingerprint density at radius 1 is 1.23 bits per heavy atom. The van der Waals surface area contributed by atoms with Gasteiger partial charge in [0.05, 0.1) is 17.9 Å². The van der Waals surface area contributed by atoms with Gasteiger partial charge in [-0.2, -0.15) is 11.8 Å². The highest BCUT2D eigenvalue weighted by molar-refractivity contribution is 7.99. The van der Waals surface area contributed by atoms with Crippen LogP contribution in [0.2, 0.25) is 0 Å². The summed E-state index contributed by atoms with van der Waals surface area (Å²) in [6.07, 6.45) is 1.89. The zero-order valence-corrected chi connectivity index (χ0v) is 17.4. The van der Waals surface area contributed by atoms with Crippen molar-refractivity contribution in [1.29, 1.82) is 0 Å². The number of fused-ring (bicyclic) bond motifs is 3. The topological polar surface area (TPSA) is 84.0 Å². The molecule has 1 aromatic carbocycles. The van der Waals surface area contributed by atoms with E-state index in [-0.39, 0.29) is 19.1 Å². The number of hydrogen-bond donors (Lipinski definition) is 1. The van der Waals surface area contributed by atoms with E-state index in [1.807, 2.05) is 16.7 Å². The summed E-state index contributed by atoms with van der Waals surface area (Å²) < 4.78 is 26.3. The Bertz CT molecular complexity index is 1000. The predicted molar refractivity (Wildman–Crippen MR) is 115 cm³/mol. The second kappa shape index (κ2) is 8.26. The van der Waals surface area contributed by atoms with Crippen LogP contribution in [0.5, 0.6) is 5.75 Å². The van der Waals surface area contributed by atoms with Crippen LogP contribution in [0, 0.1) is 5.82 Å². The van der Waals surface area contributed by atoms with Crippen LogP contribution in [0.1, 0.15) is 10.4 Å². The van der Waals surface area contributed by atoms with Crippen LogP contribution in [-0.2, 0) is 4.74 Å². The molecule has 8 nitrogen and oxygen atoms in total. The molecule has 0 spiro atoms. The molecule has 2 aromatic rings. The highest BCUT2D eigenvalue weighted by Gasteiger charge is 2.47. The third kappa shape index (κ3) is 3.76. The number of rotatable bonds is 4. The van der Waals surface area contributed by atoms with E-state index in [4.69, 9.17) is 9.47 Å². The fraction of sp³-hybridized carbons (Fsp3) is 0.381. The molecule has 2 fully saturated rings. The number of halogens is 1. The first kappa shape index (κ1) is 19.9. The molecule has 2 amide bonds. The van der Waals surface area contributed by atoms with Crippen LogP contribution in [0.25, 0.3) is 0 Å². The normalized spacial score (nSPS) is 22.3. The number of nitrogens with zero attached hydrogens (tertiary/aromatic N) is 3. The summed E-state index contributed by atoms with van der Waals surface area (Å²) in [5.74, 6) is 1.68. The van der Waals surface area contributed by atoms with Crippen molar-refractivity contribution < 1.29 is 23.5 Å². The van der Waals surface area contributed by atoms with E-state index >= 15 is 0 Å². The SMILES string of the molecule is O=C(NC[C@@H]1OC(=O)N2c3cc(F)c(N4CCSCC4)cc3OC[C@@H]12)c1ccncc1. The summed E-state index contributed by atoms with van der Waals surface area (Å²) >= 11 is 1.85. The lowest BCUT2D eigenvalue weighted by molar-refractivity contribution is 0.0886. The maximum atomic E-state index is 14.9. The van der Waals surface area contributed by atoms with Gasteiger partial charge < -0.3 is 19.7 Å². The van der Waals surface area contributed by atoms with Gasteiger partial charge in [0.15, 0.2) is 0 Å². The number of carbonyl (C=O) groups excluding carboxylic acids is 2. The minimum atomic E-state index is -0.603. The molecule has 0 unspecified atom stereocenters. The highest BCUT2D eigenvalue weighted by atomic mass is 32.2. The molecule has 2 atom stereocenters. The minimum Gasteiger partial charge on any atom is -0.489 e. The Morgan fingerprint density at radius 3 is 2.77 bits per heavy atom. The molecule has 0 aliphatic carbocycles. The molecule has 0 bridgehead atoms. The van der Waals surface area contributed by atoms with E-state index in [0.29, 0.717) is 22.7 Å². The summed E-state index contributed by atoms with van der Waals surface area (Å²) in [6, 6.07) is 5.77. The van der Waals surface area contributed by atoms with Crippen LogP contribution in [-0.4, -0.2) is 66.9 Å². The molecule has 1 N–H and O–H groups in total. The van der Waals surface area contributed by atoms with Gasteiger partial charge in [0.2, 0.25) is 0 Å². The molecule has 31 heavy (non-hydrogen) atoms. The van der Waals surface area contributed by atoms with Crippen molar-refractivity contribution in [2.75, 3.05) is 47.5 Å². The molecule has 1 aromatic heterocycles. The summed E-state index contributed by atoms with van der Waals surface area (Å²) in [6.45, 7) is 1.87. The Labute approximate surface area is 182 Å². The first-order valence-electron chi connectivity index (χ1n) is 10.1. The molecule has 10 heteroatoms. The zero-order valence-electron chi connectivity index (χ0n) is 16.6. The third-order valence-electron chi connectivity index (χ3n) is 5.67. The number of cyclic esters (lactones) is 1. The largest absolute Gasteiger partial charge is 0.489 e. The second-order valence-electron chi connectivity index (χ2n) is 7.49. The lowest BCUT2D eigenvalue weighted by Gasteiger charge is -2.34. The van der Waals surface area contributed by atoms with Crippen molar-refractivity contribution in [3.05, 3.63) is 48.0 Å². The molecule has 3 aliphatic heterocycles. The number of amides is 2. The fourth-order valence-corrected chi connectivity index (χ4v) is 4.96. The average molecular weight is 444 g/mol. The van der Waals surface area contributed by atoms with E-state index < -0.39 is 24.1 Å². The lowest BCUT2D eigenvalue weighted by atomic mass is 10.1. The van der Waals surface area contributed by atoms with Crippen molar-refractivity contribution in [2.24, 2.45) is 0 Å². The molecule has 4 heterocycles. The van der Waals surface area contributed by atoms with Gasteiger partial charge in [-0.3, -0.25) is 14.7 Å². The number of ether oxygens (including phenoxy) is 2. The van der Waals surface area contributed by atoms with Crippen LogP contribution >= 0.6 is 11.8 Å². The number of hydrogen-bond acceptors (Lipinski definition) is 7. The smallest absolute Gasteiger partial charge is 0.415 e. The summed E-state index contributed by atoms with van der Waals surface area (Å²) in [4.78, 5) is 32.2. The lowest BCUT2D eigenvalue weighted by Crippen LogP contribution is -2.48. The van der Waals surface area contributed by atoms with Gasteiger partial charge in [-0.1, -0.05) is 0 Å². The van der Waals surface area contributed by atoms with Crippen LogP contribution in [0.3, 0.4) is 0 Å². The van der Waals surface area contributed by atoms with E-state index in [2.05, 4.69) is 10.3 Å². The average Bonchev–Trinajstić information content (AvgIpc) is 3.14. The molecular weight excluding hydrogens is 423 g/mol. The zero-order chi connectivity index (χ0) is 21.4.